The number of benzene rings is 2. The highest BCUT2D eigenvalue weighted by molar-refractivity contribution is 6.05. The van der Waals surface area contributed by atoms with Crippen molar-refractivity contribution in [3.63, 3.8) is 0 Å². The Morgan fingerprint density at radius 2 is 1.60 bits per heavy atom. The molecule has 2 aromatic carbocycles. The molecule has 0 bridgehead atoms. The van der Waals surface area contributed by atoms with Crippen LogP contribution in [0.1, 0.15) is 0 Å². The monoisotopic (exact) mass is 263 g/mol. The quantitative estimate of drug-likeness (QED) is 0.684. The SMILES string of the molecule is c1ccc2c(c1)ccc1ccc(N3CCNCC3)nc12. The van der Waals surface area contributed by atoms with Gasteiger partial charge in [0.2, 0.25) is 0 Å². The fraction of sp³-hybridized carbons (Fsp3) is 0.235. The van der Waals surface area contributed by atoms with Crippen LogP contribution in [0.2, 0.25) is 0 Å². The number of anilines is 1. The highest BCUT2D eigenvalue weighted by Crippen LogP contribution is 2.26. The van der Waals surface area contributed by atoms with E-state index in [1.165, 1.54) is 16.2 Å². The second-order valence-electron chi connectivity index (χ2n) is 5.26. The average Bonchev–Trinajstić information content (AvgIpc) is 2.55. The van der Waals surface area contributed by atoms with E-state index in [0.29, 0.717) is 0 Å². The zero-order valence-electron chi connectivity index (χ0n) is 11.3. The van der Waals surface area contributed by atoms with Gasteiger partial charge in [0.25, 0.3) is 0 Å². The van der Waals surface area contributed by atoms with Crippen LogP contribution in [-0.4, -0.2) is 31.2 Å². The Morgan fingerprint density at radius 1 is 0.850 bits per heavy atom. The molecule has 3 nitrogen and oxygen atoms in total. The molecule has 3 aromatic rings. The summed E-state index contributed by atoms with van der Waals surface area (Å²) in [6.45, 7) is 4.14. The van der Waals surface area contributed by atoms with Crippen molar-refractivity contribution in [2.75, 3.05) is 31.1 Å². The summed E-state index contributed by atoms with van der Waals surface area (Å²) in [5.74, 6) is 1.09. The largest absolute Gasteiger partial charge is 0.354 e. The van der Waals surface area contributed by atoms with Gasteiger partial charge in [-0.05, 0) is 17.5 Å². The van der Waals surface area contributed by atoms with E-state index in [9.17, 15) is 0 Å². The Bertz CT molecular complexity index is 760. The lowest BCUT2D eigenvalue weighted by atomic mass is 10.1. The number of aromatic nitrogens is 1. The predicted octanol–water partition coefficient (Wildman–Crippen LogP) is 2.80. The molecule has 0 saturated carbocycles. The van der Waals surface area contributed by atoms with E-state index in [4.69, 9.17) is 4.98 Å². The van der Waals surface area contributed by atoms with Crippen LogP contribution in [0.25, 0.3) is 21.7 Å². The van der Waals surface area contributed by atoms with Crippen LogP contribution in [-0.2, 0) is 0 Å². The third kappa shape index (κ3) is 1.91. The van der Waals surface area contributed by atoms with Crippen molar-refractivity contribution in [3.8, 4) is 0 Å². The number of nitrogens with zero attached hydrogens (tertiary/aromatic N) is 2. The molecule has 0 spiro atoms. The molecule has 2 heterocycles. The van der Waals surface area contributed by atoms with E-state index < -0.39 is 0 Å². The van der Waals surface area contributed by atoms with Gasteiger partial charge >= 0.3 is 0 Å². The number of hydrogen-bond acceptors (Lipinski definition) is 3. The van der Waals surface area contributed by atoms with Crippen molar-refractivity contribution >= 4 is 27.5 Å². The normalized spacial score (nSPS) is 15.9. The zero-order valence-corrected chi connectivity index (χ0v) is 11.3. The molecule has 20 heavy (non-hydrogen) atoms. The summed E-state index contributed by atoms with van der Waals surface area (Å²) >= 11 is 0. The molecule has 3 heteroatoms. The van der Waals surface area contributed by atoms with Gasteiger partial charge in [0.05, 0.1) is 5.52 Å². The predicted molar refractivity (Wildman–Crippen MR) is 84.3 cm³/mol. The second kappa shape index (κ2) is 4.76. The standard InChI is InChI=1S/C17H17N3/c1-2-4-15-13(3-1)5-6-14-7-8-16(19-17(14)15)20-11-9-18-10-12-20/h1-8,18H,9-12H2. The molecule has 0 amide bonds. The van der Waals surface area contributed by atoms with Gasteiger partial charge in [0.15, 0.2) is 0 Å². The first-order chi connectivity index (χ1) is 9.92. The van der Waals surface area contributed by atoms with Gasteiger partial charge in [-0.15, -0.1) is 0 Å². The third-order valence-electron chi connectivity index (χ3n) is 4.01. The minimum absolute atomic E-state index is 1.03. The fourth-order valence-corrected chi connectivity index (χ4v) is 2.92. The Hall–Kier alpha value is -2.13. The van der Waals surface area contributed by atoms with Crippen molar-refractivity contribution in [3.05, 3.63) is 48.5 Å². The molecule has 1 aliphatic rings. The fourth-order valence-electron chi connectivity index (χ4n) is 2.92. The summed E-state index contributed by atoms with van der Waals surface area (Å²) < 4.78 is 0. The summed E-state index contributed by atoms with van der Waals surface area (Å²) in [5.41, 5.74) is 1.11. The smallest absolute Gasteiger partial charge is 0.129 e. The molecular formula is C17H17N3. The maximum atomic E-state index is 4.93. The highest BCUT2D eigenvalue weighted by atomic mass is 15.2. The first kappa shape index (κ1) is 11.7. The lowest BCUT2D eigenvalue weighted by molar-refractivity contribution is 0.585. The van der Waals surface area contributed by atoms with Crippen molar-refractivity contribution in [1.29, 1.82) is 0 Å². The van der Waals surface area contributed by atoms with E-state index in [1.54, 1.807) is 0 Å². The first-order valence-electron chi connectivity index (χ1n) is 7.16. The molecule has 0 atom stereocenters. The number of nitrogens with one attached hydrogen (secondary N) is 1. The van der Waals surface area contributed by atoms with Gasteiger partial charge in [0, 0.05) is 37.0 Å². The molecule has 1 aromatic heterocycles. The topological polar surface area (TPSA) is 28.2 Å². The molecule has 1 N–H and O–H groups in total. The van der Waals surface area contributed by atoms with E-state index in [0.717, 1.165) is 37.5 Å². The minimum Gasteiger partial charge on any atom is -0.354 e. The summed E-state index contributed by atoms with van der Waals surface area (Å²) in [5, 5.41) is 7.09. The van der Waals surface area contributed by atoms with Crippen molar-refractivity contribution in [2.45, 2.75) is 0 Å². The number of rotatable bonds is 1. The van der Waals surface area contributed by atoms with Gasteiger partial charge in [0.1, 0.15) is 5.82 Å². The maximum absolute atomic E-state index is 4.93. The molecule has 0 aliphatic carbocycles. The Balaban J connectivity index is 1.90. The van der Waals surface area contributed by atoms with E-state index in [1.807, 2.05) is 0 Å². The third-order valence-corrected chi connectivity index (χ3v) is 4.01. The molecule has 1 aliphatic heterocycles. The molecule has 1 saturated heterocycles. The average molecular weight is 263 g/mol. The summed E-state index contributed by atoms with van der Waals surface area (Å²) in [7, 11) is 0. The zero-order chi connectivity index (χ0) is 13.4. The van der Waals surface area contributed by atoms with Crippen LogP contribution < -0.4 is 10.2 Å². The number of pyridine rings is 1. The van der Waals surface area contributed by atoms with Crippen molar-refractivity contribution < 1.29 is 0 Å². The van der Waals surface area contributed by atoms with E-state index >= 15 is 0 Å². The van der Waals surface area contributed by atoms with Crippen LogP contribution in [0.3, 0.4) is 0 Å². The number of fused-ring (bicyclic) bond motifs is 3. The number of hydrogen-bond donors (Lipinski definition) is 1. The molecular weight excluding hydrogens is 246 g/mol. The van der Waals surface area contributed by atoms with Crippen LogP contribution >= 0.6 is 0 Å². The Morgan fingerprint density at radius 3 is 2.50 bits per heavy atom. The molecule has 0 unspecified atom stereocenters. The van der Waals surface area contributed by atoms with Crippen molar-refractivity contribution in [1.82, 2.24) is 10.3 Å². The van der Waals surface area contributed by atoms with Crippen LogP contribution in [0.15, 0.2) is 48.5 Å². The Labute approximate surface area is 118 Å². The van der Waals surface area contributed by atoms with Crippen LogP contribution in [0.4, 0.5) is 5.82 Å². The van der Waals surface area contributed by atoms with Gasteiger partial charge < -0.3 is 10.2 Å². The van der Waals surface area contributed by atoms with E-state index in [-0.39, 0.29) is 0 Å². The van der Waals surface area contributed by atoms with Crippen LogP contribution in [0, 0.1) is 0 Å². The van der Waals surface area contributed by atoms with Gasteiger partial charge in [-0.3, -0.25) is 0 Å². The van der Waals surface area contributed by atoms with Crippen molar-refractivity contribution in [2.24, 2.45) is 0 Å². The van der Waals surface area contributed by atoms with Gasteiger partial charge in [-0.2, -0.15) is 0 Å². The molecule has 4 rings (SSSR count). The van der Waals surface area contributed by atoms with Gasteiger partial charge in [-0.25, -0.2) is 4.98 Å². The Kier molecular flexibility index (Phi) is 2.78. The number of piperazine rings is 1. The molecule has 1 fully saturated rings. The maximum Gasteiger partial charge on any atom is 0.129 e. The summed E-state index contributed by atoms with van der Waals surface area (Å²) in [6.07, 6.45) is 0. The first-order valence-corrected chi connectivity index (χ1v) is 7.16. The summed E-state index contributed by atoms with van der Waals surface area (Å²) in [4.78, 5) is 7.28. The summed E-state index contributed by atoms with van der Waals surface area (Å²) in [6, 6.07) is 17.1. The lowest BCUT2D eigenvalue weighted by Crippen LogP contribution is -2.43. The second-order valence-corrected chi connectivity index (χ2v) is 5.26. The molecule has 0 radical (unpaired) electrons. The minimum atomic E-state index is 1.03. The highest BCUT2D eigenvalue weighted by Gasteiger charge is 2.12. The van der Waals surface area contributed by atoms with E-state index in [2.05, 4.69) is 58.7 Å². The lowest BCUT2D eigenvalue weighted by Gasteiger charge is -2.28. The van der Waals surface area contributed by atoms with Crippen LogP contribution in [0.5, 0.6) is 0 Å². The van der Waals surface area contributed by atoms with Gasteiger partial charge in [-0.1, -0.05) is 36.4 Å². The molecule has 100 valence electrons.